The molecule has 1 aromatic carbocycles. The molecule has 1 atom stereocenters. The second kappa shape index (κ2) is 8.57. The van der Waals surface area contributed by atoms with Crippen molar-refractivity contribution < 1.29 is 14.3 Å². The van der Waals surface area contributed by atoms with E-state index in [1.54, 1.807) is 35.6 Å². The lowest BCUT2D eigenvalue weighted by Gasteiger charge is -2.33. The fourth-order valence-corrected chi connectivity index (χ4v) is 5.31. The lowest BCUT2D eigenvalue weighted by Crippen LogP contribution is -2.33. The zero-order valence-corrected chi connectivity index (χ0v) is 19.3. The van der Waals surface area contributed by atoms with Gasteiger partial charge in [0.2, 0.25) is 5.91 Å². The quantitative estimate of drug-likeness (QED) is 0.321. The van der Waals surface area contributed by atoms with Crippen LogP contribution >= 0.6 is 23.1 Å². The summed E-state index contributed by atoms with van der Waals surface area (Å²) in [5.74, 6) is 0.410. The molecule has 1 aliphatic heterocycles. The van der Waals surface area contributed by atoms with E-state index in [0.29, 0.717) is 28.8 Å². The number of hydrogen-bond donors (Lipinski definition) is 2. The summed E-state index contributed by atoms with van der Waals surface area (Å²) in [7, 11) is 0. The highest BCUT2D eigenvalue weighted by Gasteiger charge is 2.33. The summed E-state index contributed by atoms with van der Waals surface area (Å²) < 4.78 is 6.04. The number of amides is 1. The molecular formula is C22H24N4O3S2. The fraction of sp³-hybridized carbons (Fsp3) is 0.364. The number of ketones is 1. The third-order valence-corrected chi connectivity index (χ3v) is 7.45. The number of anilines is 2. The molecule has 0 bridgehead atoms. The van der Waals surface area contributed by atoms with E-state index in [4.69, 9.17) is 10.5 Å². The molecule has 2 aromatic heterocycles. The molecule has 1 aliphatic rings. The largest absolute Gasteiger partial charge is 0.383 e. The predicted molar refractivity (Wildman–Crippen MR) is 125 cm³/mol. The normalized spacial score (nSPS) is 18.0. The Morgan fingerprint density at radius 1 is 1.29 bits per heavy atom. The van der Waals surface area contributed by atoms with Gasteiger partial charge in [-0.05, 0) is 50.1 Å². The number of rotatable bonds is 6. The van der Waals surface area contributed by atoms with Gasteiger partial charge in [0, 0.05) is 22.5 Å². The van der Waals surface area contributed by atoms with Crippen LogP contribution in [0.5, 0.6) is 0 Å². The molecule has 7 nitrogen and oxygen atoms in total. The number of nitrogens with two attached hydrogens (primary N) is 1. The lowest BCUT2D eigenvalue weighted by atomic mass is 9.90. The number of carbonyl (C=O) groups excluding carboxylic acids is 2. The van der Waals surface area contributed by atoms with E-state index >= 15 is 0 Å². The molecule has 0 fully saturated rings. The third kappa shape index (κ3) is 4.58. The molecular weight excluding hydrogens is 432 g/mol. The minimum absolute atomic E-state index is 0.0142. The van der Waals surface area contributed by atoms with Gasteiger partial charge in [-0.1, -0.05) is 18.7 Å². The summed E-state index contributed by atoms with van der Waals surface area (Å²) in [5, 5.41) is 4.21. The Labute approximate surface area is 188 Å². The maximum absolute atomic E-state index is 12.3. The van der Waals surface area contributed by atoms with Crippen LogP contribution < -0.4 is 11.1 Å². The third-order valence-electron chi connectivity index (χ3n) is 5.50. The number of aromatic nitrogens is 2. The van der Waals surface area contributed by atoms with Gasteiger partial charge in [-0.15, -0.1) is 11.3 Å². The van der Waals surface area contributed by atoms with Gasteiger partial charge >= 0.3 is 0 Å². The monoisotopic (exact) mass is 456 g/mol. The summed E-state index contributed by atoms with van der Waals surface area (Å²) in [5.41, 5.74) is 8.54. The van der Waals surface area contributed by atoms with Gasteiger partial charge in [-0.25, -0.2) is 9.97 Å². The van der Waals surface area contributed by atoms with Gasteiger partial charge in [-0.2, -0.15) is 0 Å². The maximum Gasteiger partial charge on any atom is 0.234 e. The van der Waals surface area contributed by atoms with Crippen molar-refractivity contribution in [3.8, 4) is 0 Å². The van der Waals surface area contributed by atoms with Crippen LogP contribution in [0.4, 0.5) is 11.5 Å². The smallest absolute Gasteiger partial charge is 0.234 e. The van der Waals surface area contributed by atoms with Crippen molar-refractivity contribution >= 4 is 56.5 Å². The van der Waals surface area contributed by atoms with Gasteiger partial charge in [0.05, 0.1) is 23.3 Å². The highest BCUT2D eigenvalue weighted by atomic mass is 32.2. The van der Waals surface area contributed by atoms with Gasteiger partial charge in [-0.3, -0.25) is 9.59 Å². The first-order valence-electron chi connectivity index (χ1n) is 10.0. The van der Waals surface area contributed by atoms with E-state index in [2.05, 4.69) is 29.1 Å². The first-order valence-corrected chi connectivity index (χ1v) is 11.8. The molecule has 3 heterocycles. The number of thioether (sulfide) groups is 1. The van der Waals surface area contributed by atoms with Crippen LogP contribution in [-0.2, 0) is 22.6 Å². The molecule has 0 saturated heterocycles. The Morgan fingerprint density at radius 3 is 2.71 bits per heavy atom. The maximum atomic E-state index is 12.3. The van der Waals surface area contributed by atoms with Crippen molar-refractivity contribution in [1.29, 1.82) is 0 Å². The number of Topliss-reactive ketones (excluding diaryl/α,β-unsaturated/α-hetero) is 1. The average molecular weight is 457 g/mol. The summed E-state index contributed by atoms with van der Waals surface area (Å²) in [6, 6.07) is 6.80. The molecule has 1 amide bonds. The van der Waals surface area contributed by atoms with Crippen molar-refractivity contribution in [2.75, 3.05) is 16.8 Å². The molecule has 3 N–H and O–H groups in total. The topological polar surface area (TPSA) is 107 Å². The van der Waals surface area contributed by atoms with E-state index in [9.17, 15) is 9.59 Å². The van der Waals surface area contributed by atoms with E-state index in [1.165, 1.54) is 24.2 Å². The van der Waals surface area contributed by atoms with Crippen LogP contribution in [0, 0.1) is 0 Å². The average Bonchev–Trinajstić information content (AvgIpc) is 3.10. The Morgan fingerprint density at radius 2 is 2.03 bits per heavy atom. The fourth-order valence-electron chi connectivity index (χ4n) is 3.49. The molecule has 31 heavy (non-hydrogen) atoms. The second-order valence-electron chi connectivity index (χ2n) is 7.81. The Balaban J connectivity index is 1.46. The number of benzene rings is 1. The lowest BCUT2D eigenvalue weighted by molar-refractivity contribution is -0.113. The Hall–Kier alpha value is -2.49. The molecule has 162 valence electrons. The SMILES string of the molecule is CCC1(C)Cc2c(sc3nc(SCC(=O)Nc4ccc(C(C)=O)cc4)nc(N)c23)CO1. The van der Waals surface area contributed by atoms with Gasteiger partial charge < -0.3 is 15.8 Å². The summed E-state index contributed by atoms with van der Waals surface area (Å²) in [4.78, 5) is 34.7. The summed E-state index contributed by atoms with van der Waals surface area (Å²) >= 11 is 2.82. The number of hydrogen-bond acceptors (Lipinski definition) is 8. The van der Waals surface area contributed by atoms with Crippen LogP contribution in [0.2, 0.25) is 0 Å². The number of fused-ring (bicyclic) bond motifs is 3. The van der Waals surface area contributed by atoms with Crippen LogP contribution in [0.15, 0.2) is 29.4 Å². The second-order valence-corrected chi connectivity index (χ2v) is 9.84. The molecule has 1 unspecified atom stereocenters. The van der Waals surface area contributed by atoms with Crippen LogP contribution in [0.3, 0.4) is 0 Å². The minimum atomic E-state index is -0.193. The van der Waals surface area contributed by atoms with Crippen molar-refractivity contribution in [2.24, 2.45) is 0 Å². The summed E-state index contributed by atoms with van der Waals surface area (Å²) in [6.45, 7) is 6.31. The van der Waals surface area contributed by atoms with E-state index in [1.807, 2.05) is 0 Å². The number of nitrogens with one attached hydrogen (secondary N) is 1. The van der Waals surface area contributed by atoms with Crippen molar-refractivity contribution in [1.82, 2.24) is 9.97 Å². The highest BCUT2D eigenvalue weighted by molar-refractivity contribution is 7.99. The standard InChI is InChI=1S/C22H24N4O3S2/c1-4-22(3)9-15-16(10-29-22)31-20-18(15)19(23)25-21(26-20)30-11-17(28)24-14-7-5-13(6-8-14)12(2)27/h5-8H,4,9-11H2,1-3H3,(H,24,28)(H2,23,25,26). The molecule has 0 saturated carbocycles. The van der Waals surface area contributed by atoms with Crippen molar-refractivity contribution in [2.45, 2.75) is 51.0 Å². The molecule has 9 heteroatoms. The number of ether oxygens (including phenoxy) is 1. The number of carbonyl (C=O) groups is 2. The Kier molecular flexibility index (Phi) is 6.00. The van der Waals surface area contributed by atoms with E-state index in [0.717, 1.165) is 27.9 Å². The zero-order chi connectivity index (χ0) is 22.2. The first-order chi connectivity index (χ1) is 14.8. The zero-order valence-electron chi connectivity index (χ0n) is 17.7. The molecule has 0 radical (unpaired) electrons. The van der Waals surface area contributed by atoms with Crippen molar-refractivity contribution in [3.63, 3.8) is 0 Å². The highest BCUT2D eigenvalue weighted by Crippen LogP contribution is 2.41. The summed E-state index contributed by atoms with van der Waals surface area (Å²) in [6.07, 6.45) is 1.72. The molecule has 3 aromatic rings. The van der Waals surface area contributed by atoms with Gasteiger partial charge in [0.25, 0.3) is 0 Å². The van der Waals surface area contributed by atoms with Crippen LogP contribution in [0.1, 0.15) is 48.0 Å². The van der Waals surface area contributed by atoms with Crippen LogP contribution in [0.25, 0.3) is 10.2 Å². The minimum Gasteiger partial charge on any atom is -0.383 e. The molecule has 0 aliphatic carbocycles. The first kappa shape index (κ1) is 21.7. The van der Waals surface area contributed by atoms with Crippen LogP contribution in [-0.4, -0.2) is 33.0 Å². The predicted octanol–water partition coefficient (Wildman–Crippen LogP) is 4.45. The van der Waals surface area contributed by atoms with E-state index < -0.39 is 0 Å². The molecule has 0 spiro atoms. The number of nitrogens with zero attached hydrogens (tertiary/aromatic N) is 2. The molecule has 4 rings (SSSR count). The van der Waals surface area contributed by atoms with Gasteiger partial charge in [0.1, 0.15) is 10.6 Å². The van der Waals surface area contributed by atoms with E-state index in [-0.39, 0.29) is 23.0 Å². The van der Waals surface area contributed by atoms with Crippen molar-refractivity contribution in [3.05, 3.63) is 40.3 Å². The van der Waals surface area contributed by atoms with Gasteiger partial charge in [0.15, 0.2) is 10.9 Å². The number of thiophene rings is 1. The number of nitrogen functional groups attached to an aromatic ring is 1. The Bertz CT molecular complexity index is 1160.